The van der Waals surface area contributed by atoms with E-state index < -0.39 is 0 Å². The summed E-state index contributed by atoms with van der Waals surface area (Å²) in [6.07, 6.45) is 3.83. The zero-order chi connectivity index (χ0) is 13.9. The third-order valence-corrected chi connectivity index (χ3v) is 4.54. The van der Waals surface area contributed by atoms with E-state index in [9.17, 15) is 4.79 Å². The maximum atomic E-state index is 12.7. The molecule has 20 heavy (non-hydrogen) atoms. The quantitative estimate of drug-likeness (QED) is 0.849. The Kier molecular flexibility index (Phi) is 3.83. The second-order valence-electron chi connectivity index (χ2n) is 5.87. The Bertz CT molecular complexity index is 614. The summed E-state index contributed by atoms with van der Waals surface area (Å²) in [7, 11) is 0. The molecule has 2 nitrogen and oxygen atoms in total. The van der Waals surface area contributed by atoms with Crippen LogP contribution in [0.2, 0.25) is 0 Å². The summed E-state index contributed by atoms with van der Waals surface area (Å²) >= 11 is 0. The zero-order valence-electron chi connectivity index (χ0n) is 12.1. The molecule has 2 aromatic carbocycles. The van der Waals surface area contributed by atoms with E-state index in [1.807, 2.05) is 24.3 Å². The van der Waals surface area contributed by atoms with Crippen LogP contribution in [0, 0.1) is 0 Å². The van der Waals surface area contributed by atoms with Crippen molar-refractivity contribution in [3.05, 3.63) is 48.0 Å². The molecule has 0 unspecified atom stereocenters. The van der Waals surface area contributed by atoms with Gasteiger partial charge in [0.15, 0.2) is 0 Å². The van der Waals surface area contributed by atoms with Gasteiger partial charge in [-0.05, 0) is 43.0 Å². The molecule has 104 valence electrons. The van der Waals surface area contributed by atoms with E-state index in [2.05, 4.69) is 25.1 Å². The molecule has 1 atom stereocenters. The topological polar surface area (TPSA) is 21.5 Å². The van der Waals surface area contributed by atoms with Crippen LogP contribution in [0.15, 0.2) is 42.5 Å². The zero-order valence-corrected chi connectivity index (χ0v) is 12.1. The highest BCUT2D eigenvalue weighted by Gasteiger charge is 2.27. The first kappa shape index (κ1) is 13.3. The smallest absolute Gasteiger partial charge is 0.219 e. The number of nitrogens with one attached hydrogen (secondary N) is 1. The molecule has 1 fully saturated rings. The van der Waals surface area contributed by atoms with E-state index in [0.29, 0.717) is 0 Å². The number of likely N-dealkylation sites (tertiary alicyclic amines) is 1. The molecular weight excluding hydrogens is 246 g/mol. The summed E-state index contributed by atoms with van der Waals surface area (Å²) in [6.45, 7) is 4.36. The largest absolute Gasteiger partial charge is 0.326 e. The Morgan fingerprint density at radius 1 is 1.00 bits per heavy atom. The lowest BCUT2D eigenvalue weighted by atomic mass is 9.99. The van der Waals surface area contributed by atoms with Crippen molar-refractivity contribution in [1.82, 2.24) is 0 Å². The van der Waals surface area contributed by atoms with Crippen molar-refractivity contribution in [2.24, 2.45) is 0 Å². The van der Waals surface area contributed by atoms with Crippen LogP contribution in [-0.2, 0) is 0 Å². The highest BCUT2D eigenvalue weighted by Crippen LogP contribution is 2.16. The monoisotopic (exact) mass is 268 g/mol. The summed E-state index contributed by atoms with van der Waals surface area (Å²) in [4.78, 5) is 14.1. The molecule has 1 heterocycles. The maximum Gasteiger partial charge on any atom is 0.219 e. The SMILES string of the molecule is C[C@H](C(=O)c1ccc2ccccc2c1)[NH+]1CCCCC1. The van der Waals surface area contributed by atoms with Crippen molar-refractivity contribution in [3.63, 3.8) is 0 Å². The van der Waals surface area contributed by atoms with Gasteiger partial charge >= 0.3 is 0 Å². The van der Waals surface area contributed by atoms with Gasteiger partial charge in [-0.2, -0.15) is 0 Å². The van der Waals surface area contributed by atoms with E-state index in [0.717, 1.165) is 24.0 Å². The fraction of sp³-hybridized carbons (Fsp3) is 0.389. The molecule has 3 rings (SSSR count). The summed E-state index contributed by atoms with van der Waals surface area (Å²) < 4.78 is 0. The number of hydrogen-bond acceptors (Lipinski definition) is 1. The van der Waals surface area contributed by atoms with Crippen LogP contribution in [0.3, 0.4) is 0 Å². The molecule has 0 bridgehead atoms. The highest BCUT2D eigenvalue weighted by atomic mass is 16.1. The Hall–Kier alpha value is -1.67. The summed E-state index contributed by atoms with van der Waals surface area (Å²) in [6, 6.07) is 14.4. The third kappa shape index (κ3) is 2.61. The van der Waals surface area contributed by atoms with Gasteiger partial charge in [0, 0.05) is 5.56 Å². The summed E-state index contributed by atoms with van der Waals surface area (Å²) in [5.41, 5.74) is 0.856. The van der Waals surface area contributed by atoms with E-state index >= 15 is 0 Å². The van der Waals surface area contributed by atoms with Gasteiger partial charge in [0.2, 0.25) is 5.78 Å². The van der Waals surface area contributed by atoms with Crippen LogP contribution >= 0.6 is 0 Å². The highest BCUT2D eigenvalue weighted by molar-refractivity contribution is 6.02. The fourth-order valence-corrected chi connectivity index (χ4v) is 3.22. The van der Waals surface area contributed by atoms with Gasteiger partial charge in [0.1, 0.15) is 6.04 Å². The molecule has 2 heteroatoms. The maximum absolute atomic E-state index is 12.7. The van der Waals surface area contributed by atoms with Crippen LogP contribution in [0.25, 0.3) is 10.8 Å². The number of piperidine rings is 1. The van der Waals surface area contributed by atoms with Gasteiger partial charge in [-0.25, -0.2) is 0 Å². The molecule has 1 aliphatic rings. The molecule has 0 amide bonds. The average molecular weight is 268 g/mol. The Morgan fingerprint density at radius 3 is 2.45 bits per heavy atom. The third-order valence-electron chi connectivity index (χ3n) is 4.54. The van der Waals surface area contributed by atoms with E-state index in [-0.39, 0.29) is 11.8 Å². The first-order chi connectivity index (χ1) is 9.75. The van der Waals surface area contributed by atoms with Crippen molar-refractivity contribution < 1.29 is 9.69 Å². The molecule has 0 radical (unpaired) electrons. The lowest BCUT2D eigenvalue weighted by Gasteiger charge is -2.28. The first-order valence-corrected chi connectivity index (χ1v) is 7.63. The van der Waals surface area contributed by atoms with Gasteiger partial charge < -0.3 is 4.90 Å². The van der Waals surface area contributed by atoms with Crippen molar-refractivity contribution in [1.29, 1.82) is 0 Å². The molecule has 1 aliphatic heterocycles. The van der Waals surface area contributed by atoms with Crippen molar-refractivity contribution >= 4 is 16.6 Å². The molecule has 0 spiro atoms. The van der Waals surface area contributed by atoms with E-state index in [1.54, 1.807) is 0 Å². The normalized spacial score (nSPS) is 18.1. The lowest BCUT2D eigenvalue weighted by Crippen LogP contribution is -3.17. The Balaban J connectivity index is 1.83. The second-order valence-corrected chi connectivity index (χ2v) is 5.87. The van der Waals surface area contributed by atoms with E-state index in [1.165, 1.54) is 29.5 Å². The first-order valence-electron chi connectivity index (χ1n) is 7.63. The minimum atomic E-state index is 0.0801. The van der Waals surface area contributed by atoms with Gasteiger partial charge in [-0.1, -0.05) is 36.4 Å². The molecule has 1 saturated heterocycles. The van der Waals surface area contributed by atoms with Crippen LogP contribution in [-0.4, -0.2) is 24.9 Å². The number of quaternary nitrogens is 1. The van der Waals surface area contributed by atoms with Gasteiger partial charge in [0.05, 0.1) is 13.1 Å². The lowest BCUT2D eigenvalue weighted by molar-refractivity contribution is -0.918. The number of carbonyl (C=O) groups is 1. The number of hydrogen-bond donors (Lipinski definition) is 1. The van der Waals surface area contributed by atoms with Crippen molar-refractivity contribution in [2.75, 3.05) is 13.1 Å². The number of carbonyl (C=O) groups excluding carboxylic acids is 1. The minimum absolute atomic E-state index is 0.0801. The minimum Gasteiger partial charge on any atom is -0.326 e. The Morgan fingerprint density at radius 2 is 1.70 bits per heavy atom. The molecule has 0 aliphatic carbocycles. The number of benzene rings is 2. The predicted molar refractivity (Wildman–Crippen MR) is 82.3 cm³/mol. The number of Topliss-reactive ketones (excluding diaryl/α,β-unsaturated/α-hetero) is 1. The molecule has 2 aromatic rings. The Labute approximate surface area is 120 Å². The second kappa shape index (κ2) is 5.76. The van der Waals surface area contributed by atoms with Crippen LogP contribution < -0.4 is 4.90 Å². The van der Waals surface area contributed by atoms with Gasteiger partial charge in [-0.15, -0.1) is 0 Å². The summed E-state index contributed by atoms with van der Waals surface area (Å²) in [5.74, 6) is 0.285. The molecule has 0 saturated carbocycles. The number of ketones is 1. The van der Waals surface area contributed by atoms with Crippen molar-refractivity contribution in [3.8, 4) is 0 Å². The fourth-order valence-electron chi connectivity index (χ4n) is 3.22. The molecule has 1 N–H and O–H groups in total. The standard InChI is InChI=1S/C18H21NO/c1-14(19-11-5-2-6-12-19)18(20)17-10-9-15-7-3-4-8-16(15)13-17/h3-4,7-10,13-14H,2,5-6,11-12H2,1H3/p+1/t14-/m1/s1. The van der Waals surface area contributed by atoms with Crippen LogP contribution in [0.1, 0.15) is 36.5 Å². The average Bonchev–Trinajstić information content (AvgIpc) is 2.54. The number of fused-ring (bicyclic) bond motifs is 1. The van der Waals surface area contributed by atoms with Crippen LogP contribution in [0.5, 0.6) is 0 Å². The van der Waals surface area contributed by atoms with Gasteiger partial charge in [0.25, 0.3) is 0 Å². The van der Waals surface area contributed by atoms with Gasteiger partial charge in [-0.3, -0.25) is 4.79 Å². The van der Waals surface area contributed by atoms with Crippen molar-refractivity contribution in [2.45, 2.75) is 32.2 Å². The van der Waals surface area contributed by atoms with Crippen LogP contribution in [0.4, 0.5) is 0 Å². The predicted octanol–water partition coefficient (Wildman–Crippen LogP) is 2.48. The van der Waals surface area contributed by atoms with E-state index in [4.69, 9.17) is 0 Å². The summed E-state index contributed by atoms with van der Waals surface area (Å²) in [5, 5.41) is 2.35. The molecular formula is C18H22NO+. The molecule has 0 aromatic heterocycles. The number of rotatable bonds is 3.